The molecule has 1 aromatic carbocycles. The normalized spacial score (nSPS) is 15.8. The molecule has 0 aromatic heterocycles. The van der Waals surface area contributed by atoms with Crippen LogP contribution in [0.2, 0.25) is 0 Å². The molecule has 4 nitrogen and oxygen atoms in total. The molecule has 0 bridgehead atoms. The van der Waals surface area contributed by atoms with E-state index in [1.165, 1.54) is 12.1 Å². The fourth-order valence-electron chi connectivity index (χ4n) is 2.11. The van der Waals surface area contributed by atoms with Crippen LogP contribution in [0.3, 0.4) is 0 Å². The van der Waals surface area contributed by atoms with Gasteiger partial charge in [0.1, 0.15) is 11.6 Å². The molecule has 1 fully saturated rings. The molecule has 1 amide bonds. The Morgan fingerprint density at radius 3 is 2.80 bits per heavy atom. The number of benzene rings is 1. The fourth-order valence-corrected chi connectivity index (χ4v) is 2.11. The number of nitrogens with zero attached hydrogens (tertiary/aromatic N) is 1. The third-order valence-corrected chi connectivity index (χ3v) is 3.34. The molecule has 1 aromatic rings. The average molecular weight is 280 g/mol. The quantitative estimate of drug-likeness (QED) is 0.863. The number of carbonyl (C=O) groups excluding carboxylic acids is 1. The summed E-state index contributed by atoms with van der Waals surface area (Å²) in [5, 5.41) is 0. The van der Waals surface area contributed by atoms with E-state index < -0.39 is 0 Å². The first-order chi connectivity index (χ1) is 9.45. The molecule has 1 saturated carbocycles. The molecule has 5 heteroatoms. The maximum Gasteiger partial charge on any atom is 0.260 e. The predicted molar refractivity (Wildman–Crippen MR) is 75.0 cm³/mol. The van der Waals surface area contributed by atoms with Gasteiger partial charge in [-0.15, -0.1) is 0 Å². The van der Waals surface area contributed by atoms with Gasteiger partial charge in [-0.2, -0.15) is 0 Å². The number of halogens is 1. The zero-order valence-electron chi connectivity index (χ0n) is 11.9. The minimum absolute atomic E-state index is 0.0488. The van der Waals surface area contributed by atoms with Gasteiger partial charge in [0, 0.05) is 25.2 Å². The van der Waals surface area contributed by atoms with Crippen molar-refractivity contribution in [2.24, 2.45) is 5.73 Å². The van der Waals surface area contributed by atoms with E-state index in [-0.39, 0.29) is 24.4 Å². The molecule has 1 atom stereocenters. The Bertz CT molecular complexity index is 487. The van der Waals surface area contributed by atoms with E-state index >= 15 is 0 Å². The van der Waals surface area contributed by atoms with Crippen LogP contribution in [0.1, 0.15) is 25.3 Å². The first-order valence-electron chi connectivity index (χ1n) is 6.89. The van der Waals surface area contributed by atoms with Crippen LogP contribution < -0.4 is 10.5 Å². The molecule has 110 valence electrons. The molecule has 0 aliphatic heterocycles. The van der Waals surface area contributed by atoms with E-state index in [0.717, 1.165) is 18.4 Å². The van der Waals surface area contributed by atoms with Crippen LogP contribution in [-0.4, -0.2) is 36.5 Å². The molecule has 0 spiro atoms. The summed E-state index contributed by atoms with van der Waals surface area (Å²) in [6.45, 7) is 1.80. The summed E-state index contributed by atoms with van der Waals surface area (Å²) in [7, 11) is 1.77. The molecule has 2 N–H and O–H groups in total. The van der Waals surface area contributed by atoms with Gasteiger partial charge in [-0.1, -0.05) is 0 Å². The zero-order chi connectivity index (χ0) is 14.7. The summed E-state index contributed by atoms with van der Waals surface area (Å²) in [4.78, 5) is 13.5. The van der Waals surface area contributed by atoms with Crippen molar-refractivity contribution in [2.75, 3.05) is 13.7 Å². The lowest BCUT2D eigenvalue weighted by Crippen LogP contribution is -2.33. The van der Waals surface area contributed by atoms with Crippen molar-refractivity contribution in [3.05, 3.63) is 29.6 Å². The fraction of sp³-hybridized carbons (Fsp3) is 0.533. The van der Waals surface area contributed by atoms with E-state index in [1.807, 2.05) is 6.92 Å². The summed E-state index contributed by atoms with van der Waals surface area (Å²) in [6.07, 6.45) is 2.69. The number of amides is 1. The minimum Gasteiger partial charge on any atom is -0.484 e. The Morgan fingerprint density at radius 2 is 2.20 bits per heavy atom. The number of ether oxygens (including phenoxy) is 1. The lowest BCUT2D eigenvalue weighted by Gasteiger charge is -2.17. The van der Waals surface area contributed by atoms with Gasteiger partial charge in [0.15, 0.2) is 6.61 Å². The summed E-state index contributed by atoms with van der Waals surface area (Å²) in [5.41, 5.74) is 6.48. The van der Waals surface area contributed by atoms with E-state index in [2.05, 4.69) is 0 Å². The van der Waals surface area contributed by atoms with E-state index in [0.29, 0.717) is 18.2 Å². The summed E-state index contributed by atoms with van der Waals surface area (Å²) in [5.74, 6) is -0.0788. The number of hydrogen-bond donors (Lipinski definition) is 1. The van der Waals surface area contributed by atoms with Crippen LogP contribution in [0, 0.1) is 5.82 Å². The molecule has 2 rings (SSSR count). The largest absolute Gasteiger partial charge is 0.484 e. The van der Waals surface area contributed by atoms with Crippen molar-refractivity contribution >= 4 is 5.91 Å². The standard InChI is InChI=1S/C15H21FN2O2/c1-10(17)5-11-6-12(16)8-14(7-11)20-9-15(19)18(2)13-3-4-13/h6-8,10,13H,3-5,9,17H2,1-2H3. The third kappa shape index (κ3) is 4.20. The molecule has 0 saturated heterocycles. The zero-order valence-corrected chi connectivity index (χ0v) is 11.9. The molecular formula is C15H21FN2O2. The highest BCUT2D eigenvalue weighted by molar-refractivity contribution is 5.78. The SMILES string of the molecule is CC(N)Cc1cc(F)cc(OCC(=O)N(C)C2CC2)c1. The van der Waals surface area contributed by atoms with Crippen LogP contribution >= 0.6 is 0 Å². The highest BCUT2D eigenvalue weighted by atomic mass is 19.1. The Balaban J connectivity index is 1.94. The van der Waals surface area contributed by atoms with Crippen LogP contribution in [0.25, 0.3) is 0 Å². The number of hydrogen-bond acceptors (Lipinski definition) is 3. The Kier molecular flexibility index (Phi) is 4.60. The van der Waals surface area contributed by atoms with E-state index in [9.17, 15) is 9.18 Å². The van der Waals surface area contributed by atoms with Gasteiger partial charge in [0.25, 0.3) is 5.91 Å². The molecule has 1 aliphatic rings. The first kappa shape index (κ1) is 14.8. The minimum atomic E-state index is -0.374. The molecule has 1 unspecified atom stereocenters. The summed E-state index contributed by atoms with van der Waals surface area (Å²) in [6, 6.07) is 4.76. The monoisotopic (exact) mass is 280 g/mol. The molecule has 1 aliphatic carbocycles. The van der Waals surface area contributed by atoms with Crippen molar-refractivity contribution in [2.45, 2.75) is 38.3 Å². The van der Waals surface area contributed by atoms with Gasteiger partial charge >= 0.3 is 0 Å². The molecular weight excluding hydrogens is 259 g/mol. The number of rotatable bonds is 6. The second-order valence-electron chi connectivity index (χ2n) is 5.50. The van der Waals surface area contributed by atoms with Crippen molar-refractivity contribution in [3.8, 4) is 5.75 Å². The van der Waals surface area contributed by atoms with Gasteiger partial charge in [-0.25, -0.2) is 4.39 Å². The Hall–Kier alpha value is -1.62. The van der Waals surface area contributed by atoms with Crippen molar-refractivity contribution in [1.29, 1.82) is 0 Å². The summed E-state index contributed by atoms with van der Waals surface area (Å²) >= 11 is 0. The molecule has 0 radical (unpaired) electrons. The predicted octanol–water partition coefficient (Wildman–Crippen LogP) is 1.72. The first-order valence-corrected chi connectivity index (χ1v) is 6.89. The topological polar surface area (TPSA) is 55.6 Å². The van der Waals surface area contributed by atoms with Crippen LogP contribution in [0.4, 0.5) is 4.39 Å². The lowest BCUT2D eigenvalue weighted by molar-refractivity contribution is -0.132. The highest BCUT2D eigenvalue weighted by Crippen LogP contribution is 2.25. The van der Waals surface area contributed by atoms with Gasteiger partial charge in [0.05, 0.1) is 0 Å². The van der Waals surface area contributed by atoms with E-state index in [1.54, 1.807) is 18.0 Å². The second kappa shape index (κ2) is 6.22. The van der Waals surface area contributed by atoms with Crippen LogP contribution in [-0.2, 0) is 11.2 Å². The molecule has 0 heterocycles. The van der Waals surface area contributed by atoms with Crippen molar-refractivity contribution in [1.82, 2.24) is 4.90 Å². The van der Waals surface area contributed by atoms with Crippen molar-refractivity contribution < 1.29 is 13.9 Å². The number of likely N-dealkylation sites (N-methyl/N-ethyl adjacent to an activating group) is 1. The van der Waals surface area contributed by atoms with Gasteiger partial charge < -0.3 is 15.4 Å². The van der Waals surface area contributed by atoms with Crippen molar-refractivity contribution in [3.63, 3.8) is 0 Å². The third-order valence-electron chi connectivity index (χ3n) is 3.34. The van der Waals surface area contributed by atoms with E-state index in [4.69, 9.17) is 10.5 Å². The lowest BCUT2D eigenvalue weighted by atomic mass is 10.1. The number of carbonyl (C=O) groups is 1. The van der Waals surface area contributed by atoms with Gasteiger partial charge in [-0.05, 0) is 43.9 Å². The Morgan fingerprint density at radius 1 is 1.50 bits per heavy atom. The van der Waals surface area contributed by atoms with Gasteiger partial charge in [0.2, 0.25) is 0 Å². The van der Waals surface area contributed by atoms with Crippen LogP contribution in [0.15, 0.2) is 18.2 Å². The second-order valence-corrected chi connectivity index (χ2v) is 5.50. The smallest absolute Gasteiger partial charge is 0.260 e. The maximum atomic E-state index is 13.5. The van der Waals surface area contributed by atoms with Gasteiger partial charge in [-0.3, -0.25) is 4.79 Å². The summed E-state index contributed by atoms with van der Waals surface area (Å²) < 4.78 is 18.9. The highest BCUT2D eigenvalue weighted by Gasteiger charge is 2.29. The van der Waals surface area contributed by atoms with Crippen LogP contribution in [0.5, 0.6) is 5.75 Å². The molecule has 20 heavy (non-hydrogen) atoms. The Labute approximate surface area is 118 Å². The maximum absolute atomic E-state index is 13.5. The average Bonchev–Trinajstić information content (AvgIpc) is 3.17. The number of nitrogens with two attached hydrogens (primary N) is 1.